The summed E-state index contributed by atoms with van der Waals surface area (Å²) in [5, 5.41) is 22.2. The van der Waals surface area contributed by atoms with Gasteiger partial charge in [0.25, 0.3) is 0 Å². The molecule has 5 atom stereocenters. The number of carboxylic acids is 1. The van der Waals surface area contributed by atoms with Gasteiger partial charge in [0.1, 0.15) is 5.60 Å². The van der Waals surface area contributed by atoms with Crippen LogP contribution < -0.4 is 5.32 Å². The quantitative estimate of drug-likeness (QED) is 0.694. The molecule has 20 heavy (non-hydrogen) atoms. The summed E-state index contributed by atoms with van der Waals surface area (Å²) in [6.07, 6.45) is 1.29. The Morgan fingerprint density at radius 2 is 1.95 bits per heavy atom. The molecule has 6 heteroatoms. The summed E-state index contributed by atoms with van der Waals surface area (Å²) >= 11 is 0. The van der Waals surface area contributed by atoms with Crippen molar-refractivity contribution in [2.24, 2.45) is 17.8 Å². The Labute approximate surface area is 118 Å². The Bertz CT molecular complexity index is 399. The lowest BCUT2D eigenvalue weighted by atomic mass is 9.93. The van der Waals surface area contributed by atoms with Gasteiger partial charge in [-0.25, -0.2) is 0 Å². The molecule has 2 rings (SSSR count). The van der Waals surface area contributed by atoms with Crippen LogP contribution >= 0.6 is 0 Å². The smallest absolute Gasteiger partial charge is 0.307 e. The molecule has 2 aliphatic rings. The number of ether oxygens (including phenoxy) is 1. The second kappa shape index (κ2) is 5.69. The van der Waals surface area contributed by atoms with Crippen molar-refractivity contribution in [3.63, 3.8) is 0 Å². The molecular formula is C14H23NO5. The maximum atomic E-state index is 12.2. The van der Waals surface area contributed by atoms with Crippen molar-refractivity contribution in [3.8, 4) is 0 Å². The van der Waals surface area contributed by atoms with Crippen LogP contribution in [0.4, 0.5) is 0 Å². The van der Waals surface area contributed by atoms with Crippen LogP contribution in [0.5, 0.6) is 0 Å². The molecule has 114 valence electrons. The number of amides is 1. The SMILES string of the molecule is CC1CC(C(=O)O)C(C(=O)NCC2(O)CCOC2C)C1. The molecule has 6 nitrogen and oxygen atoms in total. The van der Waals surface area contributed by atoms with Gasteiger partial charge in [-0.2, -0.15) is 0 Å². The number of aliphatic carboxylic acids is 1. The van der Waals surface area contributed by atoms with E-state index in [0.29, 0.717) is 25.9 Å². The number of nitrogens with one attached hydrogen (secondary N) is 1. The summed E-state index contributed by atoms with van der Waals surface area (Å²) in [5.74, 6) is -2.05. The minimum atomic E-state index is -1.04. The van der Waals surface area contributed by atoms with Crippen LogP contribution in [0.2, 0.25) is 0 Å². The minimum Gasteiger partial charge on any atom is -0.481 e. The van der Waals surface area contributed by atoms with E-state index in [2.05, 4.69) is 5.32 Å². The number of carboxylic acid groups (broad SMARTS) is 1. The van der Waals surface area contributed by atoms with E-state index in [4.69, 9.17) is 4.74 Å². The van der Waals surface area contributed by atoms with Gasteiger partial charge in [-0.1, -0.05) is 6.92 Å². The largest absolute Gasteiger partial charge is 0.481 e. The van der Waals surface area contributed by atoms with Crippen molar-refractivity contribution in [2.45, 2.75) is 44.8 Å². The third-order valence-electron chi connectivity index (χ3n) is 4.68. The number of aliphatic hydroxyl groups is 1. The van der Waals surface area contributed by atoms with Crippen LogP contribution in [0.3, 0.4) is 0 Å². The Morgan fingerprint density at radius 3 is 2.50 bits per heavy atom. The van der Waals surface area contributed by atoms with Crippen LogP contribution in [-0.4, -0.2) is 46.9 Å². The van der Waals surface area contributed by atoms with E-state index in [1.165, 1.54) is 0 Å². The molecular weight excluding hydrogens is 262 g/mol. The van der Waals surface area contributed by atoms with Gasteiger partial charge in [0, 0.05) is 19.6 Å². The third kappa shape index (κ3) is 2.96. The highest BCUT2D eigenvalue weighted by atomic mass is 16.5. The predicted molar refractivity (Wildman–Crippen MR) is 71.0 cm³/mol. The van der Waals surface area contributed by atoms with E-state index in [-0.39, 0.29) is 24.5 Å². The molecule has 5 unspecified atom stereocenters. The van der Waals surface area contributed by atoms with Gasteiger partial charge in [-0.05, 0) is 25.7 Å². The van der Waals surface area contributed by atoms with Crippen LogP contribution in [0.1, 0.15) is 33.1 Å². The lowest BCUT2D eigenvalue weighted by molar-refractivity contribution is -0.146. The fraction of sp³-hybridized carbons (Fsp3) is 0.857. The van der Waals surface area contributed by atoms with Crippen LogP contribution in [0.25, 0.3) is 0 Å². The van der Waals surface area contributed by atoms with Crippen LogP contribution in [-0.2, 0) is 14.3 Å². The van der Waals surface area contributed by atoms with Crippen molar-refractivity contribution in [1.29, 1.82) is 0 Å². The Morgan fingerprint density at radius 1 is 1.30 bits per heavy atom. The molecule has 0 bridgehead atoms. The molecule has 1 saturated carbocycles. The molecule has 1 amide bonds. The highest BCUT2D eigenvalue weighted by molar-refractivity contribution is 5.85. The zero-order chi connectivity index (χ0) is 14.9. The van der Waals surface area contributed by atoms with Crippen molar-refractivity contribution in [3.05, 3.63) is 0 Å². The van der Waals surface area contributed by atoms with Crippen LogP contribution in [0.15, 0.2) is 0 Å². The zero-order valence-electron chi connectivity index (χ0n) is 12.0. The molecule has 2 fully saturated rings. The van der Waals surface area contributed by atoms with Gasteiger partial charge in [0.15, 0.2) is 0 Å². The second-order valence-corrected chi connectivity index (χ2v) is 6.21. The van der Waals surface area contributed by atoms with Gasteiger partial charge < -0.3 is 20.3 Å². The Balaban J connectivity index is 1.93. The van der Waals surface area contributed by atoms with Crippen LogP contribution in [0, 0.1) is 17.8 Å². The Hall–Kier alpha value is -1.14. The first-order valence-electron chi connectivity index (χ1n) is 7.18. The van der Waals surface area contributed by atoms with E-state index in [0.717, 1.165) is 0 Å². The van der Waals surface area contributed by atoms with E-state index in [9.17, 15) is 19.8 Å². The predicted octanol–water partition coefficient (Wildman–Crippen LogP) is 0.389. The topological polar surface area (TPSA) is 95.9 Å². The maximum absolute atomic E-state index is 12.2. The van der Waals surface area contributed by atoms with E-state index in [1.54, 1.807) is 6.92 Å². The summed E-state index contributed by atoms with van der Waals surface area (Å²) in [6, 6.07) is 0. The molecule has 0 radical (unpaired) electrons. The van der Waals surface area contributed by atoms with Crippen molar-refractivity contribution in [2.75, 3.05) is 13.2 Å². The van der Waals surface area contributed by atoms with E-state index in [1.807, 2.05) is 6.92 Å². The van der Waals surface area contributed by atoms with Crippen molar-refractivity contribution >= 4 is 11.9 Å². The molecule has 0 aromatic heterocycles. The molecule has 0 aromatic carbocycles. The average molecular weight is 285 g/mol. The van der Waals surface area contributed by atoms with Gasteiger partial charge in [0.05, 0.1) is 17.9 Å². The van der Waals surface area contributed by atoms with Gasteiger partial charge >= 0.3 is 5.97 Å². The molecule has 1 heterocycles. The van der Waals surface area contributed by atoms with E-state index < -0.39 is 23.4 Å². The molecule has 3 N–H and O–H groups in total. The number of hydrogen-bond acceptors (Lipinski definition) is 4. The van der Waals surface area contributed by atoms with Gasteiger partial charge in [0.2, 0.25) is 5.91 Å². The fourth-order valence-corrected chi connectivity index (χ4v) is 3.23. The highest BCUT2D eigenvalue weighted by Gasteiger charge is 2.43. The van der Waals surface area contributed by atoms with Gasteiger partial charge in [-0.15, -0.1) is 0 Å². The Kier molecular flexibility index (Phi) is 4.34. The summed E-state index contributed by atoms with van der Waals surface area (Å²) in [7, 11) is 0. The van der Waals surface area contributed by atoms with Gasteiger partial charge in [-0.3, -0.25) is 9.59 Å². The van der Waals surface area contributed by atoms with E-state index >= 15 is 0 Å². The zero-order valence-corrected chi connectivity index (χ0v) is 12.0. The monoisotopic (exact) mass is 285 g/mol. The summed E-state index contributed by atoms with van der Waals surface area (Å²) in [5.41, 5.74) is -1.04. The second-order valence-electron chi connectivity index (χ2n) is 6.21. The first-order valence-corrected chi connectivity index (χ1v) is 7.18. The fourth-order valence-electron chi connectivity index (χ4n) is 3.23. The summed E-state index contributed by atoms with van der Waals surface area (Å²) in [6.45, 7) is 4.33. The first kappa shape index (κ1) is 15.3. The first-order chi connectivity index (χ1) is 9.33. The molecule has 0 spiro atoms. The number of hydrogen-bond donors (Lipinski definition) is 3. The summed E-state index contributed by atoms with van der Waals surface area (Å²) in [4.78, 5) is 23.4. The number of carbonyl (C=O) groups is 2. The average Bonchev–Trinajstić information content (AvgIpc) is 2.92. The lowest BCUT2D eigenvalue weighted by Crippen LogP contribution is -2.49. The minimum absolute atomic E-state index is 0.115. The summed E-state index contributed by atoms with van der Waals surface area (Å²) < 4.78 is 5.31. The standard InChI is InChI=1S/C14H23NO5/c1-8-5-10(11(6-8)13(17)18)12(16)15-7-14(19)3-4-20-9(14)2/h8-11,19H,3-7H2,1-2H3,(H,15,16)(H,17,18). The number of carbonyl (C=O) groups excluding carboxylic acids is 1. The highest BCUT2D eigenvalue weighted by Crippen LogP contribution is 2.36. The molecule has 1 aliphatic carbocycles. The third-order valence-corrected chi connectivity index (χ3v) is 4.68. The lowest BCUT2D eigenvalue weighted by Gasteiger charge is -2.27. The molecule has 0 aromatic rings. The molecule has 1 saturated heterocycles. The van der Waals surface area contributed by atoms with Crippen molar-refractivity contribution < 1.29 is 24.5 Å². The normalized spacial score (nSPS) is 40.8. The number of rotatable bonds is 4. The molecule has 1 aliphatic heterocycles. The maximum Gasteiger partial charge on any atom is 0.307 e. The van der Waals surface area contributed by atoms with Crippen molar-refractivity contribution in [1.82, 2.24) is 5.32 Å².